The molecule has 152 valence electrons. The lowest BCUT2D eigenvalue weighted by Crippen LogP contribution is -2.27. The second-order valence-electron chi connectivity index (χ2n) is 8.00. The highest BCUT2D eigenvalue weighted by molar-refractivity contribution is 5.65. The summed E-state index contributed by atoms with van der Waals surface area (Å²) in [5.74, 6) is 1.33. The van der Waals surface area contributed by atoms with Gasteiger partial charge in [-0.05, 0) is 56.8 Å². The largest absolute Gasteiger partial charge is 0.353 e. The Labute approximate surface area is 173 Å². The van der Waals surface area contributed by atoms with Crippen LogP contribution in [0.1, 0.15) is 34.9 Å². The Morgan fingerprint density at radius 3 is 2.72 bits per heavy atom. The molecule has 1 N–H and O–H groups in total. The Morgan fingerprint density at radius 1 is 1.14 bits per heavy atom. The van der Waals surface area contributed by atoms with Crippen LogP contribution in [-0.2, 0) is 7.05 Å². The van der Waals surface area contributed by atoms with E-state index in [2.05, 4.69) is 58.4 Å². The summed E-state index contributed by atoms with van der Waals surface area (Å²) in [5.41, 5.74) is 7.04. The van der Waals surface area contributed by atoms with E-state index in [0.717, 1.165) is 48.8 Å². The van der Waals surface area contributed by atoms with E-state index in [4.69, 9.17) is 4.98 Å². The van der Waals surface area contributed by atoms with E-state index in [1.54, 1.807) is 0 Å². The first-order chi connectivity index (χ1) is 14.0. The summed E-state index contributed by atoms with van der Waals surface area (Å²) < 4.78 is 1.90. The van der Waals surface area contributed by atoms with Crippen molar-refractivity contribution in [3.8, 4) is 11.3 Å². The lowest BCUT2D eigenvalue weighted by Gasteiger charge is -2.17. The van der Waals surface area contributed by atoms with Crippen LogP contribution in [0.2, 0.25) is 0 Å². The molecule has 4 rings (SSSR count). The molecule has 1 aliphatic heterocycles. The van der Waals surface area contributed by atoms with Crippen molar-refractivity contribution in [3.05, 3.63) is 59.0 Å². The maximum atomic E-state index is 4.72. The van der Waals surface area contributed by atoms with Gasteiger partial charge >= 0.3 is 0 Å². The van der Waals surface area contributed by atoms with Crippen LogP contribution in [0.3, 0.4) is 0 Å². The van der Waals surface area contributed by atoms with Crippen LogP contribution in [0.4, 0.5) is 5.95 Å². The van der Waals surface area contributed by atoms with Crippen molar-refractivity contribution in [2.24, 2.45) is 7.05 Å². The smallest absolute Gasteiger partial charge is 0.223 e. The molecular formula is C23H30N6. The second-order valence-corrected chi connectivity index (χ2v) is 8.00. The van der Waals surface area contributed by atoms with Crippen LogP contribution in [0, 0.1) is 20.8 Å². The van der Waals surface area contributed by atoms with Gasteiger partial charge in [-0.15, -0.1) is 0 Å². The van der Waals surface area contributed by atoms with Gasteiger partial charge in [0.15, 0.2) is 0 Å². The molecule has 6 heteroatoms. The quantitative estimate of drug-likeness (QED) is 0.695. The fourth-order valence-corrected chi connectivity index (χ4v) is 4.39. The Bertz CT molecular complexity index is 993. The Hall–Kier alpha value is -2.73. The third kappa shape index (κ3) is 4.17. The number of rotatable bonds is 6. The molecule has 0 unspecified atom stereocenters. The highest BCUT2D eigenvalue weighted by Crippen LogP contribution is 2.29. The van der Waals surface area contributed by atoms with E-state index in [9.17, 15) is 0 Å². The molecule has 1 fully saturated rings. The van der Waals surface area contributed by atoms with Crippen LogP contribution in [-0.4, -0.2) is 50.8 Å². The Kier molecular flexibility index (Phi) is 5.62. The number of aryl methyl sites for hydroxylation is 3. The summed E-state index contributed by atoms with van der Waals surface area (Å²) in [6.45, 7) is 10.4. The van der Waals surface area contributed by atoms with Gasteiger partial charge in [-0.1, -0.05) is 24.3 Å². The van der Waals surface area contributed by atoms with E-state index in [1.165, 1.54) is 17.5 Å². The van der Waals surface area contributed by atoms with Crippen molar-refractivity contribution in [3.63, 3.8) is 0 Å². The maximum Gasteiger partial charge on any atom is 0.223 e. The predicted molar refractivity (Wildman–Crippen MR) is 117 cm³/mol. The van der Waals surface area contributed by atoms with Crippen molar-refractivity contribution < 1.29 is 0 Å². The van der Waals surface area contributed by atoms with Crippen molar-refractivity contribution in [1.82, 2.24) is 24.6 Å². The summed E-state index contributed by atoms with van der Waals surface area (Å²) >= 11 is 0. The number of hydrogen-bond acceptors (Lipinski definition) is 5. The summed E-state index contributed by atoms with van der Waals surface area (Å²) in [5, 5.41) is 7.90. The van der Waals surface area contributed by atoms with Crippen LogP contribution < -0.4 is 5.32 Å². The van der Waals surface area contributed by atoms with Crippen molar-refractivity contribution in [2.75, 3.05) is 31.5 Å². The molecule has 3 aromatic rings. The van der Waals surface area contributed by atoms with Gasteiger partial charge in [0.1, 0.15) is 0 Å². The lowest BCUT2D eigenvalue weighted by atomic mass is 9.94. The molecule has 1 aliphatic rings. The minimum Gasteiger partial charge on any atom is -0.353 e. The van der Waals surface area contributed by atoms with Gasteiger partial charge in [-0.3, -0.25) is 4.68 Å². The molecule has 0 spiro atoms. The topological polar surface area (TPSA) is 58.9 Å². The van der Waals surface area contributed by atoms with Crippen molar-refractivity contribution in [1.29, 1.82) is 0 Å². The number of benzene rings is 1. The van der Waals surface area contributed by atoms with Crippen molar-refractivity contribution in [2.45, 2.75) is 33.1 Å². The summed E-state index contributed by atoms with van der Waals surface area (Å²) in [6.07, 6.45) is 3.05. The molecule has 0 saturated carbocycles. The number of likely N-dealkylation sites (tertiary alicyclic amines) is 1. The first kappa shape index (κ1) is 19.6. The molecule has 6 nitrogen and oxygen atoms in total. The third-order valence-electron chi connectivity index (χ3n) is 6.03. The molecule has 3 heterocycles. The van der Waals surface area contributed by atoms with Gasteiger partial charge in [0.25, 0.3) is 0 Å². The first-order valence-corrected chi connectivity index (χ1v) is 10.4. The van der Waals surface area contributed by atoms with Gasteiger partial charge in [-0.25, -0.2) is 9.97 Å². The number of nitrogens with one attached hydrogen (secondary N) is 1. The van der Waals surface area contributed by atoms with Gasteiger partial charge in [0.05, 0.1) is 11.4 Å². The molecule has 0 bridgehead atoms. The normalized spacial score (nSPS) is 17.0. The second kappa shape index (κ2) is 8.33. The fraction of sp³-hybridized carbons (Fsp3) is 0.435. The molecule has 1 atom stereocenters. The SMILES string of the molecule is Cc1ccccc1[C@H]1CCN(CCNc2nccc(-c3c(C)nn(C)c3C)n2)C1. The van der Waals surface area contributed by atoms with Crippen LogP contribution in [0.5, 0.6) is 0 Å². The van der Waals surface area contributed by atoms with E-state index >= 15 is 0 Å². The first-order valence-electron chi connectivity index (χ1n) is 10.4. The molecule has 2 aromatic heterocycles. The lowest BCUT2D eigenvalue weighted by molar-refractivity contribution is 0.347. The standard InChI is InChI=1S/C23H30N6/c1-16-7-5-6-8-20(16)19-10-13-29(15-19)14-12-25-23-24-11-9-21(26-23)22-17(2)27-28(4)18(22)3/h5-9,11,19H,10,12-15H2,1-4H3,(H,24,25,26)/t19-/m0/s1. The number of aromatic nitrogens is 4. The highest BCUT2D eigenvalue weighted by atomic mass is 15.3. The van der Waals surface area contributed by atoms with Gasteiger partial charge < -0.3 is 10.2 Å². The summed E-state index contributed by atoms with van der Waals surface area (Å²) in [7, 11) is 1.96. The number of anilines is 1. The van der Waals surface area contributed by atoms with Gasteiger partial charge in [0.2, 0.25) is 5.95 Å². The summed E-state index contributed by atoms with van der Waals surface area (Å²) in [6, 6.07) is 10.7. The molecule has 0 amide bonds. The zero-order valence-corrected chi connectivity index (χ0v) is 17.8. The number of nitrogens with zero attached hydrogens (tertiary/aromatic N) is 5. The Balaban J connectivity index is 1.34. The zero-order chi connectivity index (χ0) is 20.4. The average molecular weight is 391 g/mol. The minimum absolute atomic E-state index is 0.646. The monoisotopic (exact) mass is 390 g/mol. The summed E-state index contributed by atoms with van der Waals surface area (Å²) in [4.78, 5) is 11.7. The number of hydrogen-bond donors (Lipinski definition) is 1. The van der Waals surface area contributed by atoms with E-state index in [0.29, 0.717) is 11.9 Å². The van der Waals surface area contributed by atoms with Crippen LogP contribution >= 0.6 is 0 Å². The van der Waals surface area contributed by atoms with E-state index < -0.39 is 0 Å². The predicted octanol–water partition coefficient (Wildman–Crippen LogP) is 3.70. The molecule has 1 saturated heterocycles. The van der Waals surface area contributed by atoms with Gasteiger partial charge in [0, 0.05) is 44.1 Å². The molecular weight excluding hydrogens is 360 g/mol. The third-order valence-corrected chi connectivity index (χ3v) is 6.03. The van der Waals surface area contributed by atoms with Gasteiger partial charge in [-0.2, -0.15) is 5.10 Å². The van der Waals surface area contributed by atoms with Crippen LogP contribution in [0.15, 0.2) is 36.5 Å². The van der Waals surface area contributed by atoms with Crippen LogP contribution in [0.25, 0.3) is 11.3 Å². The molecule has 0 aliphatic carbocycles. The van der Waals surface area contributed by atoms with E-state index in [-0.39, 0.29) is 0 Å². The maximum absolute atomic E-state index is 4.72. The van der Waals surface area contributed by atoms with E-state index in [1.807, 2.05) is 30.9 Å². The highest BCUT2D eigenvalue weighted by Gasteiger charge is 2.24. The Morgan fingerprint density at radius 2 is 1.97 bits per heavy atom. The molecule has 29 heavy (non-hydrogen) atoms. The minimum atomic E-state index is 0.646. The average Bonchev–Trinajstić information content (AvgIpc) is 3.27. The molecule has 1 aromatic carbocycles. The fourth-order valence-electron chi connectivity index (χ4n) is 4.39. The zero-order valence-electron chi connectivity index (χ0n) is 17.8. The molecule has 0 radical (unpaired) electrons. The van der Waals surface area contributed by atoms with Crippen molar-refractivity contribution >= 4 is 5.95 Å².